The van der Waals surface area contributed by atoms with Gasteiger partial charge in [-0.15, -0.1) is 0 Å². The fraction of sp³-hybridized carbons (Fsp3) is 0.118. The van der Waals surface area contributed by atoms with Crippen LogP contribution in [-0.2, 0) is 30.1 Å². The molecule has 0 N–H and O–H groups in total. The molecule has 3 rings (SSSR count). The molecule has 0 saturated carbocycles. The molecule has 0 atom stereocenters. The zero-order valence-electron chi connectivity index (χ0n) is 14.1. The third-order valence-corrected chi connectivity index (χ3v) is 6.63. The number of halogens is 1. The Labute approximate surface area is 156 Å². The van der Waals surface area contributed by atoms with Gasteiger partial charge < -0.3 is 0 Å². The summed E-state index contributed by atoms with van der Waals surface area (Å²) in [6, 6.07) is 9.73. The predicted molar refractivity (Wildman–Crippen MR) is 96.3 cm³/mol. The van der Waals surface area contributed by atoms with Crippen LogP contribution in [0.4, 0.5) is 4.39 Å². The molecule has 0 bridgehead atoms. The van der Waals surface area contributed by atoms with E-state index in [-0.39, 0.29) is 21.7 Å². The Bertz CT molecular complexity index is 1170. The molecule has 27 heavy (non-hydrogen) atoms. The van der Waals surface area contributed by atoms with E-state index >= 15 is 0 Å². The number of hydrogen-bond donors (Lipinski definition) is 0. The van der Waals surface area contributed by atoms with Crippen molar-refractivity contribution in [3.8, 4) is 11.3 Å². The molecule has 3 aromatic rings. The maximum atomic E-state index is 14.3. The van der Waals surface area contributed by atoms with Crippen LogP contribution in [0.2, 0.25) is 0 Å². The molecule has 142 valence electrons. The Morgan fingerprint density at radius 3 is 2.48 bits per heavy atom. The second-order valence-corrected chi connectivity index (χ2v) is 9.12. The van der Waals surface area contributed by atoms with Gasteiger partial charge in [0.15, 0.2) is 0 Å². The lowest BCUT2D eigenvalue weighted by atomic mass is 10.1. The lowest BCUT2D eigenvalue weighted by molar-refractivity contribution is 0.397. The highest BCUT2D eigenvalue weighted by atomic mass is 32.2. The SMILES string of the molecule is COS(=O)(=O)Cc1cc(-c2ccccc2F)n(S(=O)(=O)c2cccnc2)c1. The van der Waals surface area contributed by atoms with Gasteiger partial charge in [-0.3, -0.25) is 9.17 Å². The largest absolute Gasteiger partial charge is 0.273 e. The standard InChI is InChI=1S/C17H15FN2O5S2/c1-25-26(21,22)12-13-9-17(15-6-2-3-7-16(15)18)20(11-13)27(23,24)14-5-4-8-19-10-14/h2-11H,12H2,1H3. The third kappa shape index (κ3) is 3.92. The van der Waals surface area contributed by atoms with Crippen LogP contribution in [0.25, 0.3) is 11.3 Å². The van der Waals surface area contributed by atoms with E-state index in [4.69, 9.17) is 0 Å². The van der Waals surface area contributed by atoms with Crippen LogP contribution >= 0.6 is 0 Å². The lowest BCUT2D eigenvalue weighted by Gasteiger charge is -2.10. The number of pyridine rings is 1. The van der Waals surface area contributed by atoms with Gasteiger partial charge in [0, 0.05) is 24.2 Å². The van der Waals surface area contributed by atoms with Gasteiger partial charge in [0.05, 0.1) is 12.8 Å². The topological polar surface area (TPSA) is 95.3 Å². The van der Waals surface area contributed by atoms with Crippen molar-refractivity contribution in [3.05, 3.63) is 72.4 Å². The Balaban J connectivity index is 2.23. The summed E-state index contributed by atoms with van der Waals surface area (Å²) in [7, 11) is -7.01. The van der Waals surface area contributed by atoms with E-state index in [1.807, 2.05) is 0 Å². The van der Waals surface area contributed by atoms with Crippen LogP contribution in [0.3, 0.4) is 0 Å². The summed E-state index contributed by atoms with van der Waals surface area (Å²) in [5, 5.41) is 0. The zero-order chi connectivity index (χ0) is 19.7. The molecule has 0 aliphatic heterocycles. The van der Waals surface area contributed by atoms with Crippen molar-refractivity contribution >= 4 is 20.1 Å². The van der Waals surface area contributed by atoms with Crippen molar-refractivity contribution < 1.29 is 25.4 Å². The quantitative estimate of drug-likeness (QED) is 0.579. The van der Waals surface area contributed by atoms with Crippen LogP contribution in [0.15, 0.2) is 66.0 Å². The van der Waals surface area contributed by atoms with Crippen LogP contribution in [0.5, 0.6) is 0 Å². The summed E-state index contributed by atoms with van der Waals surface area (Å²) in [5.74, 6) is -1.19. The van der Waals surface area contributed by atoms with Gasteiger partial charge in [0.2, 0.25) is 0 Å². The molecule has 1 aromatic carbocycles. The van der Waals surface area contributed by atoms with E-state index in [0.29, 0.717) is 0 Å². The first-order valence-corrected chi connectivity index (χ1v) is 10.7. The smallest absolute Gasteiger partial charge is 0.271 e. The van der Waals surface area contributed by atoms with Crippen molar-refractivity contribution in [1.29, 1.82) is 0 Å². The third-order valence-electron chi connectivity index (χ3n) is 3.78. The Kier molecular flexibility index (Phi) is 5.13. The first-order valence-electron chi connectivity index (χ1n) is 7.65. The zero-order valence-corrected chi connectivity index (χ0v) is 15.7. The average Bonchev–Trinajstić information content (AvgIpc) is 3.06. The van der Waals surface area contributed by atoms with E-state index in [1.54, 1.807) is 6.07 Å². The van der Waals surface area contributed by atoms with Crippen molar-refractivity contribution in [2.75, 3.05) is 7.11 Å². The molecule has 0 amide bonds. The Morgan fingerprint density at radius 1 is 1.11 bits per heavy atom. The molecule has 0 saturated heterocycles. The van der Waals surface area contributed by atoms with Crippen LogP contribution in [0.1, 0.15) is 5.56 Å². The van der Waals surface area contributed by atoms with E-state index < -0.39 is 31.7 Å². The fourth-order valence-electron chi connectivity index (χ4n) is 2.52. The summed E-state index contributed by atoms with van der Waals surface area (Å²) in [4.78, 5) is 3.68. The molecule has 7 nitrogen and oxygen atoms in total. The van der Waals surface area contributed by atoms with Crippen molar-refractivity contribution in [3.63, 3.8) is 0 Å². The molecule has 0 radical (unpaired) electrons. The fourth-order valence-corrected chi connectivity index (χ4v) is 4.56. The molecule has 0 spiro atoms. The van der Waals surface area contributed by atoms with E-state index in [1.165, 1.54) is 42.6 Å². The lowest BCUT2D eigenvalue weighted by Crippen LogP contribution is -2.14. The Morgan fingerprint density at radius 2 is 1.85 bits per heavy atom. The van der Waals surface area contributed by atoms with E-state index in [0.717, 1.165) is 23.5 Å². The molecular weight excluding hydrogens is 395 g/mol. The first-order chi connectivity index (χ1) is 12.7. The minimum atomic E-state index is -4.12. The van der Waals surface area contributed by atoms with E-state index in [2.05, 4.69) is 9.17 Å². The number of hydrogen-bond acceptors (Lipinski definition) is 6. The van der Waals surface area contributed by atoms with Gasteiger partial charge in [-0.1, -0.05) is 12.1 Å². The molecule has 10 heteroatoms. The maximum absolute atomic E-state index is 14.3. The van der Waals surface area contributed by atoms with Gasteiger partial charge >= 0.3 is 0 Å². The van der Waals surface area contributed by atoms with Gasteiger partial charge in [0.1, 0.15) is 16.5 Å². The number of aromatic nitrogens is 2. The summed E-state index contributed by atoms with van der Waals surface area (Å²) in [5.41, 5.74) is 0.159. The van der Waals surface area contributed by atoms with Crippen molar-refractivity contribution in [2.24, 2.45) is 0 Å². The molecule has 0 unspecified atom stereocenters. The molecular formula is C17H15FN2O5S2. The van der Waals surface area contributed by atoms with Crippen molar-refractivity contribution in [2.45, 2.75) is 10.6 Å². The molecule has 2 aromatic heterocycles. The second-order valence-electron chi connectivity index (χ2n) is 5.57. The second kappa shape index (κ2) is 7.22. The summed E-state index contributed by atoms with van der Waals surface area (Å²) < 4.78 is 69.1. The van der Waals surface area contributed by atoms with Crippen LogP contribution in [0, 0.1) is 5.82 Å². The first kappa shape index (κ1) is 19.2. The molecule has 0 aliphatic carbocycles. The highest BCUT2D eigenvalue weighted by molar-refractivity contribution is 7.90. The van der Waals surface area contributed by atoms with Gasteiger partial charge in [-0.25, -0.2) is 16.8 Å². The minimum Gasteiger partial charge on any atom is -0.273 e. The highest BCUT2D eigenvalue weighted by Crippen LogP contribution is 2.29. The Hall–Kier alpha value is -2.56. The molecule has 0 aliphatic rings. The van der Waals surface area contributed by atoms with E-state index in [9.17, 15) is 21.2 Å². The number of nitrogens with zero attached hydrogens (tertiary/aromatic N) is 2. The predicted octanol–water partition coefficient (Wildman–Crippen LogP) is 2.40. The van der Waals surface area contributed by atoms with Crippen LogP contribution in [-0.4, -0.2) is 32.9 Å². The normalized spacial score (nSPS) is 12.2. The highest BCUT2D eigenvalue weighted by Gasteiger charge is 2.25. The van der Waals surface area contributed by atoms with Gasteiger partial charge in [-0.2, -0.15) is 8.42 Å². The van der Waals surface area contributed by atoms with Gasteiger partial charge in [-0.05, 0) is 35.9 Å². The minimum absolute atomic E-state index is 0.00161. The molecule has 0 fully saturated rings. The summed E-state index contributed by atoms with van der Waals surface area (Å²) in [6.45, 7) is 0. The maximum Gasteiger partial charge on any atom is 0.271 e. The number of rotatable bonds is 6. The monoisotopic (exact) mass is 410 g/mol. The average molecular weight is 410 g/mol. The van der Waals surface area contributed by atoms with Crippen LogP contribution < -0.4 is 0 Å². The number of benzene rings is 1. The summed E-state index contributed by atoms with van der Waals surface area (Å²) >= 11 is 0. The van der Waals surface area contributed by atoms with Crippen molar-refractivity contribution in [1.82, 2.24) is 8.96 Å². The van der Waals surface area contributed by atoms with Gasteiger partial charge in [0.25, 0.3) is 20.1 Å². The molecule has 2 heterocycles. The summed E-state index contributed by atoms with van der Waals surface area (Å²) in [6.07, 6.45) is 3.72.